The molecular formula is C45H48N6O6. The number of aryl methyl sites for hydroxylation is 1. The molecule has 2 saturated carbocycles. The molecule has 3 amide bonds. The van der Waals surface area contributed by atoms with Gasteiger partial charge in [0.1, 0.15) is 11.9 Å². The first kappa shape index (κ1) is 36.0. The van der Waals surface area contributed by atoms with E-state index in [9.17, 15) is 14.4 Å². The average molecular weight is 769 g/mol. The second-order valence-electron chi connectivity index (χ2n) is 16.9. The first-order valence-corrected chi connectivity index (χ1v) is 20.5. The highest BCUT2D eigenvalue weighted by atomic mass is 16.5. The molecule has 4 fully saturated rings. The molecule has 3 aromatic heterocycles. The molecule has 12 heteroatoms. The predicted molar refractivity (Wildman–Crippen MR) is 213 cm³/mol. The fourth-order valence-corrected chi connectivity index (χ4v) is 9.73. The van der Waals surface area contributed by atoms with Crippen molar-refractivity contribution in [2.24, 2.45) is 18.4 Å². The van der Waals surface area contributed by atoms with E-state index >= 15 is 0 Å². The van der Waals surface area contributed by atoms with Crippen LogP contribution in [-0.2, 0) is 39.3 Å². The van der Waals surface area contributed by atoms with Gasteiger partial charge in [0, 0.05) is 104 Å². The summed E-state index contributed by atoms with van der Waals surface area (Å²) in [5.41, 5.74) is 7.09. The molecule has 1 unspecified atom stereocenters. The summed E-state index contributed by atoms with van der Waals surface area (Å²) in [6.07, 6.45) is 12.3. The summed E-state index contributed by atoms with van der Waals surface area (Å²) in [4.78, 5) is 50.1. The molecule has 57 heavy (non-hydrogen) atoms. The number of pyridine rings is 2. The Morgan fingerprint density at radius 1 is 0.877 bits per heavy atom. The maximum absolute atomic E-state index is 13.2. The van der Waals surface area contributed by atoms with Crippen LogP contribution in [0.1, 0.15) is 62.5 Å². The molecule has 5 aliphatic rings. The number of nitrogens with one attached hydrogen (secondary N) is 1. The van der Waals surface area contributed by atoms with E-state index in [1.165, 1.54) is 16.5 Å². The van der Waals surface area contributed by atoms with Crippen LogP contribution in [-0.4, -0.2) is 86.6 Å². The van der Waals surface area contributed by atoms with Crippen LogP contribution >= 0.6 is 0 Å². The summed E-state index contributed by atoms with van der Waals surface area (Å²) in [5.74, 6) is 1.38. The van der Waals surface area contributed by atoms with Crippen molar-refractivity contribution in [3.63, 3.8) is 0 Å². The molecule has 3 aliphatic heterocycles. The third kappa shape index (κ3) is 6.92. The van der Waals surface area contributed by atoms with Crippen molar-refractivity contribution >= 4 is 39.5 Å². The minimum Gasteiger partial charge on any atom is -0.494 e. The third-order valence-corrected chi connectivity index (χ3v) is 13.0. The molecule has 6 heterocycles. The van der Waals surface area contributed by atoms with Crippen molar-refractivity contribution in [1.29, 1.82) is 0 Å². The second kappa shape index (κ2) is 14.6. The molecule has 10 rings (SSSR count). The Labute approximate surface area is 331 Å². The van der Waals surface area contributed by atoms with Gasteiger partial charge in [-0.3, -0.25) is 29.6 Å². The van der Waals surface area contributed by atoms with Crippen molar-refractivity contribution < 1.29 is 28.6 Å². The minimum absolute atomic E-state index is 0.0198. The van der Waals surface area contributed by atoms with Gasteiger partial charge in [-0.05, 0) is 92.0 Å². The van der Waals surface area contributed by atoms with Gasteiger partial charge in [0.2, 0.25) is 23.6 Å². The van der Waals surface area contributed by atoms with E-state index in [1.54, 1.807) is 0 Å². The molecule has 1 N–H and O–H groups in total. The van der Waals surface area contributed by atoms with Crippen molar-refractivity contribution in [2.75, 3.05) is 26.3 Å². The maximum atomic E-state index is 13.2. The average Bonchev–Trinajstić information content (AvgIpc) is 3.72. The number of piperidine rings is 1. The Kier molecular flexibility index (Phi) is 9.20. The van der Waals surface area contributed by atoms with Crippen molar-refractivity contribution in [3.05, 3.63) is 84.3 Å². The van der Waals surface area contributed by atoms with Gasteiger partial charge in [0.15, 0.2) is 0 Å². The number of hydrogen-bond donors (Lipinski definition) is 1. The van der Waals surface area contributed by atoms with Gasteiger partial charge in [0.05, 0.1) is 24.3 Å². The van der Waals surface area contributed by atoms with Crippen molar-refractivity contribution in [3.8, 4) is 22.8 Å². The van der Waals surface area contributed by atoms with Crippen LogP contribution in [0.15, 0.2) is 73.2 Å². The molecule has 12 nitrogen and oxygen atoms in total. The summed E-state index contributed by atoms with van der Waals surface area (Å²) in [6, 6.07) is 18.4. The van der Waals surface area contributed by atoms with Crippen molar-refractivity contribution in [2.45, 2.75) is 82.7 Å². The lowest BCUT2D eigenvalue weighted by molar-refractivity contribution is -0.178. The quantitative estimate of drug-likeness (QED) is 0.121. The van der Waals surface area contributed by atoms with E-state index in [1.807, 2.05) is 41.7 Å². The molecule has 0 bridgehead atoms. The number of ether oxygens (including phenoxy) is 3. The number of imide groups is 1. The Hall–Kier alpha value is -5.33. The van der Waals surface area contributed by atoms with Gasteiger partial charge in [-0.1, -0.05) is 18.2 Å². The summed E-state index contributed by atoms with van der Waals surface area (Å²) in [5, 5.41) is 4.81. The van der Waals surface area contributed by atoms with Crippen LogP contribution in [0.25, 0.3) is 32.9 Å². The number of unbranched alkanes of at least 4 members (excludes halogenated alkanes) is 1. The first-order chi connectivity index (χ1) is 27.8. The number of fused-ring (bicyclic) bond motifs is 4. The van der Waals surface area contributed by atoms with E-state index in [0.717, 1.165) is 91.5 Å². The smallest absolute Gasteiger partial charge is 0.243 e. The molecule has 2 aliphatic carbocycles. The number of benzene rings is 2. The molecule has 5 aromatic rings. The van der Waals surface area contributed by atoms with Crippen LogP contribution < -0.4 is 14.8 Å². The topological polar surface area (TPSA) is 128 Å². The largest absolute Gasteiger partial charge is 0.494 e. The highest BCUT2D eigenvalue weighted by Crippen LogP contribution is 2.50. The number of aromatic nitrogens is 3. The number of carbonyl (C=O) groups is 3. The molecule has 0 radical (unpaired) electrons. The van der Waals surface area contributed by atoms with E-state index in [0.29, 0.717) is 38.4 Å². The molecule has 1 atom stereocenters. The maximum Gasteiger partial charge on any atom is 0.243 e. The number of rotatable bonds is 12. The Bertz CT molecular complexity index is 2360. The van der Waals surface area contributed by atoms with Gasteiger partial charge < -0.3 is 23.7 Å². The lowest BCUT2D eigenvalue weighted by Gasteiger charge is -2.59. The lowest BCUT2D eigenvalue weighted by atomic mass is 9.61. The number of amides is 3. The summed E-state index contributed by atoms with van der Waals surface area (Å²) in [7, 11) is 2.08. The van der Waals surface area contributed by atoms with Gasteiger partial charge in [0.25, 0.3) is 0 Å². The molecule has 2 aromatic carbocycles. The molecule has 294 valence electrons. The van der Waals surface area contributed by atoms with E-state index in [2.05, 4.69) is 68.2 Å². The zero-order valence-electron chi connectivity index (χ0n) is 32.3. The molecular weight excluding hydrogens is 721 g/mol. The highest BCUT2D eigenvalue weighted by Gasteiger charge is 2.55. The number of likely N-dealkylation sites (tertiary alicyclic amines) is 1. The monoisotopic (exact) mass is 768 g/mol. The van der Waals surface area contributed by atoms with Crippen LogP contribution in [0.2, 0.25) is 0 Å². The number of nitrogens with zero attached hydrogens (tertiary/aromatic N) is 5. The van der Waals surface area contributed by atoms with Crippen molar-refractivity contribution in [1.82, 2.24) is 29.7 Å². The van der Waals surface area contributed by atoms with E-state index in [4.69, 9.17) is 14.2 Å². The van der Waals surface area contributed by atoms with Crippen LogP contribution in [0.3, 0.4) is 0 Å². The Balaban J connectivity index is 0.600. The molecule has 1 spiro atoms. The van der Waals surface area contributed by atoms with Gasteiger partial charge in [-0.25, -0.2) is 4.98 Å². The Morgan fingerprint density at radius 2 is 1.70 bits per heavy atom. The minimum atomic E-state index is -0.254. The SMILES string of the molecule is Cn1c2ccncc2c2ccc(-c3ccc(OC4CC(C(=O)N5CC6(CC(OCCCCOc7ccc8c(c7)CN(C7CCC(=O)NC7=O)C8)C6)C5)C4)nc3)cc21. The van der Waals surface area contributed by atoms with Gasteiger partial charge in [-0.15, -0.1) is 0 Å². The predicted octanol–water partition coefficient (Wildman–Crippen LogP) is 5.93. The van der Waals surface area contributed by atoms with Gasteiger partial charge >= 0.3 is 0 Å². The summed E-state index contributed by atoms with van der Waals surface area (Å²) >= 11 is 0. The fourth-order valence-electron chi connectivity index (χ4n) is 9.73. The molecule has 2 saturated heterocycles. The van der Waals surface area contributed by atoms with Crippen LogP contribution in [0.5, 0.6) is 11.6 Å². The fraction of sp³-hybridized carbons (Fsp3) is 0.444. The van der Waals surface area contributed by atoms with E-state index < -0.39 is 0 Å². The first-order valence-electron chi connectivity index (χ1n) is 20.5. The summed E-state index contributed by atoms with van der Waals surface area (Å²) < 4.78 is 20.6. The summed E-state index contributed by atoms with van der Waals surface area (Å²) in [6.45, 7) is 4.45. The highest BCUT2D eigenvalue weighted by molar-refractivity contribution is 6.08. The second-order valence-corrected chi connectivity index (χ2v) is 16.9. The normalized spacial score (nSPS) is 22.9. The van der Waals surface area contributed by atoms with Crippen LogP contribution in [0.4, 0.5) is 0 Å². The van der Waals surface area contributed by atoms with Crippen LogP contribution in [0, 0.1) is 11.3 Å². The zero-order valence-corrected chi connectivity index (χ0v) is 32.3. The third-order valence-electron chi connectivity index (χ3n) is 13.0. The Morgan fingerprint density at radius 3 is 2.53 bits per heavy atom. The number of carbonyl (C=O) groups excluding carboxylic acids is 3. The van der Waals surface area contributed by atoms with E-state index in [-0.39, 0.29) is 47.3 Å². The number of hydrogen-bond acceptors (Lipinski definition) is 9. The lowest BCUT2D eigenvalue weighted by Crippen LogP contribution is -2.66. The zero-order chi connectivity index (χ0) is 38.7. The van der Waals surface area contributed by atoms with Gasteiger partial charge in [-0.2, -0.15) is 0 Å². The standard InChI is InChI=1S/C45H48N6O6/c1-49-38-12-13-46-23-37(38)36-8-5-28(19-40(36)49)29-6-11-42(47-22-29)57-34-16-31(17-34)44(54)51-26-45(27-51)20-35(21-45)56-15-3-2-14-55-33-7-4-30-24-50(25-32(30)18-33)39-9-10-41(52)48-43(39)53/h4-8,11-13,18-19,22-23,31,34-35,39H,2-3,9-10,14-17,20-21,24-27H2,1H3,(H,48,52,53).